The third-order valence-corrected chi connectivity index (χ3v) is 10.5. The molecule has 2 aromatic rings. The van der Waals surface area contributed by atoms with Gasteiger partial charge in [0.25, 0.3) is 10.0 Å². The fourth-order valence-electron chi connectivity index (χ4n) is 3.20. The number of thiophene rings is 2. The third-order valence-electron chi connectivity index (χ3n) is 5.45. The Balaban J connectivity index is 1.96. The van der Waals surface area contributed by atoms with E-state index in [2.05, 4.69) is 43.5 Å². The molecule has 33 heavy (non-hydrogen) atoms. The Morgan fingerprint density at radius 2 is 2.03 bits per heavy atom. The zero-order valence-corrected chi connectivity index (χ0v) is 22.9. The molecule has 12 heteroatoms. The Morgan fingerprint density at radius 3 is 2.55 bits per heavy atom. The summed E-state index contributed by atoms with van der Waals surface area (Å²) >= 11 is 3.94. The summed E-state index contributed by atoms with van der Waals surface area (Å²) in [6, 6.07) is 1.99. The van der Waals surface area contributed by atoms with Crippen molar-refractivity contribution in [2.75, 3.05) is 13.3 Å². The van der Waals surface area contributed by atoms with E-state index in [1.54, 1.807) is 18.4 Å². The van der Waals surface area contributed by atoms with Crippen LogP contribution < -0.4 is 10.5 Å². The Kier molecular flexibility index (Phi) is 8.15. The lowest BCUT2D eigenvalue weighted by atomic mass is 10.0. The number of hydrogen-bond acceptors (Lipinski definition) is 8. The summed E-state index contributed by atoms with van der Waals surface area (Å²) < 4.78 is 29.9. The fraction of sp³-hybridized carbons (Fsp3) is 0.524. The van der Waals surface area contributed by atoms with Crippen LogP contribution in [-0.4, -0.2) is 48.8 Å². The molecule has 1 fully saturated rings. The molecule has 0 spiro atoms. The Morgan fingerprint density at radius 1 is 1.36 bits per heavy atom. The van der Waals surface area contributed by atoms with Crippen molar-refractivity contribution in [3.63, 3.8) is 0 Å². The van der Waals surface area contributed by atoms with E-state index in [1.807, 2.05) is 6.26 Å². The van der Waals surface area contributed by atoms with Crippen LogP contribution in [0.1, 0.15) is 48.0 Å². The lowest BCUT2D eigenvalue weighted by molar-refractivity contribution is 0.445. The topological polar surface area (TPSA) is 120 Å². The molecule has 2 heterocycles. The largest absolute Gasteiger partial charge is 0.504 e. The second-order valence-corrected chi connectivity index (χ2v) is 13.3. The van der Waals surface area contributed by atoms with Crippen LogP contribution >= 0.6 is 34.6 Å². The zero-order chi connectivity index (χ0) is 24.5. The molecule has 3 rings (SSSR count). The van der Waals surface area contributed by atoms with Crippen molar-refractivity contribution in [2.24, 2.45) is 21.6 Å². The number of hydrogen-bond donors (Lipinski definition) is 3. The molecule has 182 valence electrons. The van der Waals surface area contributed by atoms with Gasteiger partial charge in [-0.3, -0.25) is 4.99 Å². The van der Waals surface area contributed by atoms with Crippen molar-refractivity contribution in [2.45, 2.75) is 56.8 Å². The highest BCUT2D eigenvalue weighted by molar-refractivity contribution is 7.97. The lowest BCUT2D eigenvalue weighted by Gasteiger charge is -2.17. The first kappa shape index (κ1) is 26.0. The maximum absolute atomic E-state index is 12.9. The van der Waals surface area contributed by atoms with Crippen molar-refractivity contribution < 1.29 is 13.5 Å². The number of nitrogens with two attached hydrogens (primary N) is 1. The van der Waals surface area contributed by atoms with Gasteiger partial charge in [-0.2, -0.15) is 4.31 Å². The molecule has 0 saturated heterocycles. The van der Waals surface area contributed by atoms with Gasteiger partial charge in [-0.25, -0.2) is 13.4 Å². The predicted molar refractivity (Wildman–Crippen MR) is 141 cm³/mol. The normalized spacial score (nSPS) is 16.6. The van der Waals surface area contributed by atoms with Gasteiger partial charge in [-0.05, 0) is 44.2 Å². The minimum atomic E-state index is -3.78. The molecule has 8 nitrogen and oxygen atoms in total. The van der Waals surface area contributed by atoms with Gasteiger partial charge in [0, 0.05) is 34.5 Å². The molecule has 2 aromatic heterocycles. The van der Waals surface area contributed by atoms with Gasteiger partial charge >= 0.3 is 0 Å². The van der Waals surface area contributed by atoms with Crippen LogP contribution in [0.4, 0.5) is 5.69 Å². The van der Waals surface area contributed by atoms with E-state index in [0.29, 0.717) is 0 Å². The van der Waals surface area contributed by atoms with Crippen molar-refractivity contribution in [3.8, 4) is 5.75 Å². The van der Waals surface area contributed by atoms with Gasteiger partial charge in [-0.1, -0.05) is 25.8 Å². The first-order chi connectivity index (χ1) is 15.5. The van der Waals surface area contributed by atoms with Gasteiger partial charge in [0.15, 0.2) is 21.6 Å². The van der Waals surface area contributed by atoms with Crippen LogP contribution in [0.25, 0.3) is 0 Å². The van der Waals surface area contributed by atoms with E-state index in [1.165, 1.54) is 32.1 Å². The molecule has 1 aliphatic carbocycles. The van der Waals surface area contributed by atoms with E-state index in [0.717, 1.165) is 29.1 Å². The number of aliphatic imine (C=N–C) groups is 2. The third kappa shape index (κ3) is 5.73. The number of nitrogens with one attached hydrogen (secondary N) is 1. The molecule has 0 bridgehead atoms. The van der Waals surface area contributed by atoms with E-state index in [9.17, 15) is 13.5 Å². The average Bonchev–Trinajstić information content (AvgIpc) is 3.45. The van der Waals surface area contributed by atoms with Crippen LogP contribution in [0.15, 0.2) is 25.6 Å². The maximum atomic E-state index is 12.9. The molecule has 0 radical (unpaired) electrons. The molecule has 1 atom stereocenters. The number of sulfonamides is 1. The minimum absolute atomic E-state index is 0.00237. The average molecular weight is 530 g/mol. The summed E-state index contributed by atoms with van der Waals surface area (Å²) in [6.45, 7) is 8.33. The molecular weight excluding hydrogens is 499 g/mol. The molecule has 4 N–H and O–H groups in total. The summed E-state index contributed by atoms with van der Waals surface area (Å²) in [5.41, 5.74) is 7.72. The van der Waals surface area contributed by atoms with Gasteiger partial charge < -0.3 is 15.6 Å². The van der Waals surface area contributed by atoms with E-state index < -0.39 is 10.0 Å². The Hall–Kier alpha value is -1.60. The van der Waals surface area contributed by atoms with Gasteiger partial charge in [0.1, 0.15) is 5.69 Å². The fourth-order valence-corrected chi connectivity index (χ4v) is 7.60. The second kappa shape index (κ2) is 10.3. The monoisotopic (exact) mass is 529 g/mol. The lowest BCUT2D eigenvalue weighted by Crippen LogP contribution is -2.33. The standard InChI is InChI=1S/C21H31N5O3S4/c1-11(2)17(16-9-12(3)13(4)32-16)24-19(22)20(25-30-6)23-15-10-31-21(18(15)27)33(28,29)26(5)14-7-8-14/h9-11,14,17,27H,7-8H2,1-6H3,(H2,22,24)(H,23,25)/t17-/m1/s1. The van der Waals surface area contributed by atoms with Crippen molar-refractivity contribution >= 4 is 62.0 Å². The quantitative estimate of drug-likeness (QED) is 0.262. The van der Waals surface area contributed by atoms with Crippen molar-refractivity contribution in [3.05, 3.63) is 26.8 Å². The first-order valence-electron chi connectivity index (χ1n) is 10.5. The highest BCUT2D eigenvalue weighted by Crippen LogP contribution is 2.43. The number of rotatable bonds is 8. The second-order valence-electron chi connectivity index (χ2n) is 8.37. The number of aromatic hydroxyl groups is 1. The van der Waals surface area contributed by atoms with E-state index in [-0.39, 0.29) is 45.3 Å². The number of nitrogens with zero attached hydrogens (tertiary/aromatic N) is 3. The highest BCUT2D eigenvalue weighted by Gasteiger charge is 2.37. The molecular formula is C21H31N5O3S4. The molecule has 0 aliphatic heterocycles. The Labute approximate surface area is 208 Å². The zero-order valence-electron chi connectivity index (χ0n) is 19.6. The number of amidine groups is 2. The van der Waals surface area contributed by atoms with Gasteiger partial charge in [0.05, 0.1) is 6.04 Å². The van der Waals surface area contributed by atoms with Gasteiger partial charge in [0.2, 0.25) is 0 Å². The van der Waals surface area contributed by atoms with Crippen LogP contribution in [0, 0.1) is 19.8 Å². The number of aryl methyl sites for hydroxylation is 2. The van der Waals surface area contributed by atoms with Gasteiger partial charge in [-0.15, -0.1) is 22.7 Å². The molecule has 0 aromatic carbocycles. The van der Waals surface area contributed by atoms with E-state index >= 15 is 0 Å². The maximum Gasteiger partial charge on any atom is 0.256 e. The van der Waals surface area contributed by atoms with Crippen LogP contribution in [0.2, 0.25) is 0 Å². The van der Waals surface area contributed by atoms with Crippen LogP contribution in [0.3, 0.4) is 0 Å². The molecule has 1 saturated carbocycles. The predicted octanol–water partition coefficient (Wildman–Crippen LogP) is 4.57. The summed E-state index contributed by atoms with van der Waals surface area (Å²) in [6.07, 6.45) is 3.49. The SMILES string of the molecule is CSNC(=Nc1csc(S(=O)(=O)N(C)C2CC2)c1O)C(N)=N[C@@H](c1cc(C)c(C)s1)C(C)C. The smallest absolute Gasteiger partial charge is 0.256 e. The minimum Gasteiger partial charge on any atom is -0.504 e. The highest BCUT2D eigenvalue weighted by atomic mass is 32.2. The summed E-state index contributed by atoms with van der Waals surface area (Å²) in [5.74, 6) is 0.300. The summed E-state index contributed by atoms with van der Waals surface area (Å²) in [7, 11) is -2.23. The molecule has 1 aliphatic rings. The molecule has 0 amide bonds. The summed E-state index contributed by atoms with van der Waals surface area (Å²) in [5, 5.41) is 12.2. The van der Waals surface area contributed by atoms with Crippen LogP contribution in [-0.2, 0) is 10.0 Å². The Bertz CT molecular complexity index is 1140. The van der Waals surface area contributed by atoms with E-state index in [4.69, 9.17) is 10.7 Å². The van der Waals surface area contributed by atoms with Crippen molar-refractivity contribution in [1.82, 2.24) is 9.03 Å². The molecule has 0 unspecified atom stereocenters. The first-order valence-corrected chi connectivity index (χ1v) is 14.9. The van der Waals surface area contributed by atoms with Crippen LogP contribution in [0.5, 0.6) is 5.75 Å². The van der Waals surface area contributed by atoms with Crippen molar-refractivity contribution in [1.29, 1.82) is 0 Å². The summed E-state index contributed by atoms with van der Waals surface area (Å²) in [4.78, 5) is 11.6.